The van der Waals surface area contributed by atoms with E-state index in [0.29, 0.717) is 24.7 Å². The molecule has 0 aromatic carbocycles. The minimum absolute atomic E-state index is 0.0164. The van der Waals surface area contributed by atoms with E-state index in [2.05, 4.69) is 0 Å². The fourth-order valence-electron chi connectivity index (χ4n) is 2.38. The largest absolute Gasteiger partial charge is 0.342 e. The maximum atomic E-state index is 12.7. The van der Waals surface area contributed by atoms with Crippen molar-refractivity contribution in [2.75, 3.05) is 13.1 Å². The lowest BCUT2D eigenvalue weighted by Crippen LogP contribution is -2.34. The molecule has 2 rings (SSSR count). The molecular weight excluding hydrogens is 312 g/mol. The first kappa shape index (κ1) is 16.4. The number of hydrogen-bond donors (Lipinski definition) is 0. The molecule has 0 saturated heterocycles. The molecule has 1 aliphatic rings. The van der Waals surface area contributed by atoms with Gasteiger partial charge in [0.2, 0.25) is 0 Å². The second kappa shape index (κ2) is 6.40. The fourth-order valence-corrected chi connectivity index (χ4v) is 3.14. The first-order valence-electron chi connectivity index (χ1n) is 7.30. The van der Waals surface area contributed by atoms with Crippen LogP contribution in [0.2, 0.25) is 0 Å². The van der Waals surface area contributed by atoms with Gasteiger partial charge in [-0.1, -0.05) is 6.92 Å². The van der Waals surface area contributed by atoms with Gasteiger partial charge in [-0.3, -0.25) is 4.79 Å². The van der Waals surface area contributed by atoms with Crippen LogP contribution in [0, 0.1) is 5.92 Å². The summed E-state index contributed by atoms with van der Waals surface area (Å²) in [6.07, 6.45) is 4.65. The third kappa shape index (κ3) is 4.01. The number of hydrogen-bond acceptors (Lipinski definition) is 3. The molecule has 5 nitrogen and oxygen atoms in total. The zero-order valence-electron chi connectivity index (χ0n) is 12.4. The predicted molar refractivity (Wildman–Crippen MR) is 82.1 cm³/mol. The van der Waals surface area contributed by atoms with Crippen molar-refractivity contribution >= 4 is 25.6 Å². The summed E-state index contributed by atoms with van der Waals surface area (Å²) >= 11 is 0. The van der Waals surface area contributed by atoms with Crippen LogP contribution in [0.1, 0.15) is 43.6 Å². The van der Waals surface area contributed by atoms with E-state index in [9.17, 15) is 13.2 Å². The molecule has 1 saturated carbocycles. The summed E-state index contributed by atoms with van der Waals surface area (Å²) in [6, 6.07) is 1.38. The van der Waals surface area contributed by atoms with Crippen molar-refractivity contribution < 1.29 is 13.2 Å². The van der Waals surface area contributed by atoms with Crippen molar-refractivity contribution in [2.45, 2.75) is 44.6 Å². The topological polar surface area (TPSA) is 59.4 Å². The Morgan fingerprint density at radius 1 is 1.43 bits per heavy atom. The Kier molecular flexibility index (Phi) is 4.99. The second-order valence-corrected chi connectivity index (χ2v) is 8.05. The molecule has 1 heterocycles. The Morgan fingerprint density at radius 3 is 2.57 bits per heavy atom. The van der Waals surface area contributed by atoms with Crippen LogP contribution >= 0.6 is 10.7 Å². The molecule has 1 aliphatic carbocycles. The molecule has 21 heavy (non-hydrogen) atoms. The molecule has 0 radical (unpaired) electrons. The van der Waals surface area contributed by atoms with Crippen molar-refractivity contribution in [1.29, 1.82) is 0 Å². The molecule has 7 heteroatoms. The quantitative estimate of drug-likeness (QED) is 0.721. The summed E-state index contributed by atoms with van der Waals surface area (Å²) in [7, 11) is 1.56. The predicted octanol–water partition coefficient (Wildman–Crippen LogP) is 2.70. The Morgan fingerprint density at radius 2 is 2.10 bits per heavy atom. The van der Waals surface area contributed by atoms with Crippen LogP contribution < -0.4 is 0 Å². The van der Waals surface area contributed by atoms with Gasteiger partial charge in [0.25, 0.3) is 15.0 Å². The fraction of sp³-hybridized carbons (Fsp3) is 0.643. The van der Waals surface area contributed by atoms with Crippen molar-refractivity contribution in [2.24, 2.45) is 5.92 Å². The highest BCUT2D eigenvalue weighted by molar-refractivity contribution is 8.13. The van der Waals surface area contributed by atoms with Crippen molar-refractivity contribution in [3.05, 3.63) is 18.0 Å². The average molecular weight is 333 g/mol. The Bertz CT molecular complexity index is 620. The SMILES string of the molecule is CCCN(CC1CC1)C(=O)c1cc(S(=O)(=O)Cl)cn1CC. The van der Waals surface area contributed by atoms with Crippen LogP contribution in [-0.2, 0) is 15.6 Å². The summed E-state index contributed by atoms with van der Waals surface area (Å²) in [5.74, 6) is 0.485. The molecular formula is C14H21ClN2O3S. The number of aryl methyl sites for hydroxylation is 1. The molecule has 1 fully saturated rings. The zero-order chi connectivity index (χ0) is 15.6. The van der Waals surface area contributed by atoms with Gasteiger partial charge in [0, 0.05) is 36.5 Å². The van der Waals surface area contributed by atoms with Crippen LogP contribution in [0.3, 0.4) is 0 Å². The van der Waals surface area contributed by atoms with Gasteiger partial charge < -0.3 is 9.47 Å². The molecule has 0 atom stereocenters. The van der Waals surface area contributed by atoms with E-state index in [1.807, 2.05) is 18.7 Å². The van der Waals surface area contributed by atoms with Gasteiger partial charge in [0.1, 0.15) is 10.6 Å². The van der Waals surface area contributed by atoms with Crippen LogP contribution in [-0.4, -0.2) is 36.9 Å². The lowest BCUT2D eigenvalue weighted by Gasteiger charge is -2.22. The number of halogens is 1. The molecule has 1 amide bonds. The number of nitrogens with zero attached hydrogens (tertiary/aromatic N) is 2. The Hall–Kier alpha value is -1.01. The molecule has 0 unspecified atom stereocenters. The molecule has 0 N–H and O–H groups in total. The normalized spacial score (nSPS) is 15.2. The maximum Gasteiger partial charge on any atom is 0.270 e. The van der Waals surface area contributed by atoms with E-state index in [4.69, 9.17) is 10.7 Å². The van der Waals surface area contributed by atoms with Gasteiger partial charge in [-0.25, -0.2) is 8.42 Å². The highest BCUT2D eigenvalue weighted by Crippen LogP contribution is 2.30. The molecule has 0 aliphatic heterocycles. The number of carbonyl (C=O) groups excluding carboxylic acids is 1. The summed E-state index contributed by atoms with van der Waals surface area (Å²) in [6.45, 7) is 5.86. The summed E-state index contributed by atoms with van der Waals surface area (Å²) in [5, 5.41) is 0. The Labute approximate surface area is 130 Å². The number of carbonyl (C=O) groups is 1. The Balaban J connectivity index is 2.29. The van der Waals surface area contributed by atoms with E-state index in [1.54, 1.807) is 4.57 Å². The highest BCUT2D eigenvalue weighted by Gasteiger charge is 2.29. The van der Waals surface area contributed by atoms with Gasteiger partial charge in [0.05, 0.1) is 0 Å². The van der Waals surface area contributed by atoms with Crippen LogP contribution in [0.25, 0.3) is 0 Å². The minimum Gasteiger partial charge on any atom is -0.342 e. The number of rotatable bonds is 7. The second-order valence-electron chi connectivity index (χ2n) is 5.48. The summed E-state index contributed by atoms with van der Waals surface area (Å²) < 4.78 is 24.5. The van der Waals surface area contributed by atoms with Crippen LogP contribution in [0.4, 0.5) is 0 Å². The average Bonchev–Trinajstić information content (AvgIpc) is 3.11. The molecule has 1 aromatic heterocycles. The van der Waals surface area contributed by atoms with E-state index in [1.165, 1.54) is 25.1 Å². The monoisotopic (exact) mass is 332 g/mol. The van der Waals surface area contributed by atoms with Gasteiger partial charge in [0.15, 0.2) is 0 Å². The van der Waals surface area contributed by atoms with Gasteiger partial charge in [-0.2, -0.15) is 0 Å². The van der Waals surface area contributed by atoms with E-state index < -0.39 is 9.05 Å². The van der Waals surface area contributed by atoms with Gasteiger partial charge in [-0.05, 0) is 38.2 Å². The van der Waals surface area contributed by atoms with Crippen LogP contribution in [0.15, 0.2) is 17.2 Å². The van der Waals surface area contributed by atoms with Gasteiger partial charge >= 0.3 is 0 Å². The third-order valence-electron chi connectivity index (χ3n) is 3.67. The first-order chi connectivity index (χ1) is 9.86. The summed E-state index contributed by atoms with van der Waals surface area (Å²) in [5.41, 5.74) is 0.394. The maximum absolute atomic E-state index is 12.7. The first-order valence-corrected chi connectivity index (χ1v) is 9.61. The van der Waals surface area contributed by atoms with Crippen molar-refractivity contribution in [1.82, 2.24) is 9.47 Å². The molecule has 0 spiro atoms. The number of amides is 1. The van der Waals surface area contributed by atoms with Crippen LogP contribution in [0.5, 0.6) is 0 Å². The molecule has 118 valence electrons. The number of aromatic nitrogens is 1. The summed E-state index contributed by atoms with van der Waals surface area (Å²) in [4.78, 5) is 14.5. The zero-order valence-corrected chi connectivity index (χ0v) is 14.0. The lowest BCUT2D eigenvalue weighted by molar-refractivity contribution is 0.0737. The molecule has 0 bridgehead atoms. The smallest absolute Gasteiger partial charge is 0.270 e. The van der Waals surface area contributed by atoms with E-state index in [-0.39, 0.29) is 10.8 Å². The minimum atomic E-state index is -3.82. The standard InChI is InChI=1S/C14H21ClN2O3S/c1-3-7-17(9-11-5-6-11)14(18)13-8-12(21(15,19)20)10-16(13)4-2/h8,10-11H,3-7,9H2,1-2H3. The lowest BCUT2D eigenvalue weighted by atomic mass is 10.3. The highest BCUT2D eigenvalue weighted by atomic mass is 35.7. The third-order valence-corrected chi connectivity index (χ3v) is 4.99. The van der Waals surface area contributed by atoms with Crippen molar-refractivity contribution in [3.63, 3.8) is 0 Å². The van der Waals surface area contributed by atoms with E-state index >= 15 is 0 Å². The van der Waals surface area contributed by atoms with Gasteiger partial charge in [-0.15, -0.1) is 0 Å². The molecule has 1 aromatic rings. The van der Waals surface area contributed by atoms with E-state index in [0.717, 1.165) is 13.0 Å². The van der Waals surface area contributed by atoms with Crippen molar-refractivity contribution in [3.8, 4) is 0 Å².